The number of piperidine rings is 1. The lowest BCUT2D eigenvalue weighted by atomic mass is 9.78. The third kappa shape index (κ3) is 2.28. The zero-order chi connectivity index (χ0) is 14.3. The Bertz CT molecular complexity index is 550. The Morgan fingerprint density at radius 1 is 1.29 bits per heavy atom. The van der Waals surface area contributed by atoms with Crippen molar-refractivity contribution >= 4 is 5.91 Å². The molecule has 1 saturated carbocycles. The molecule has 2 aliphatic carbocycles. The van der Waals surface area contributed by atoms with Crippen molar-refractivity contribution in [3.05, 3.63) is 35.4 Å². The van der Waals surface area contributed by atoms with E-state index in [2.05, 4.69) is 34.9 Å². The Kier molecular flexibility index (Phi) is 3.26. The van der Waals surface area contributed by atoms with E-state index < -0.39 is 0 Å². The van der Waals surface area contributed by atoms with E-state index in [1.165, 1.54) is 36.8 Å². The minimum Gasteiger partial charge on any atom is -0.352 e. The molecule has 1 aromatic rings. The fourth-order valence-electron chi connectivity index (χ4n) is 4.45. The molecule has 112 valence electrons. The highest BCUT2D eigenvalue weighted by molar-refractivity contribution is 5.85. The van der Waals surface area contributed by atoms with Gasteiger partial charge in [-0.1, -0.05) is 24.3 Å². The van der Waals surface area contributed by atoms with Crippen molar-refractivity contribution in [2.75, 3.05) is 13.1 Å². The maximum atomic E-state index is 12.6. The molecule has 3 atom stereocenters. The maximum absolute atomic E-state index is 12.6. The van der Waals surface area contributed by atoms with Crippen molar-refractivity contribution in [1.82, 2.24) is 10.6 Å². The molecule has 3 nitrogen and oxygen atoms in total. The van der Waals surface area contributed by atoms with Crippen molar-refractivity contribution < 1.29 is 4.79 Å². The molecule has 3 unspecified atom stereocenters. The number of carbonyl (C=O) groups is 1. The van der Waals surface area contributed by atoms with E-state index >= 15 is 0 Å². The standard InChI is InChI=1S/C18H24N2O/c21-17(20-14-7-4-10-19-12-14)16-11-18(16)9-3-6-13-5-1-2-8-15(13)18/h1-2,5,8,14,16,19H,3-4,6-7,9-12H2,(H,20,21). The fraction of sp³-hybridized carbons (Fsp3) is 0.611. The van der Waals surface area contributed by atoms with Crippen molar-refractivity contribution in [2.24, 2.45) is 5.92 Å². The van der Waals surface area contributed by atoms with Crippen LogP contribution in [0.2, 0.25) is 0 Å². The van der Waals surface area contributed by atoms with Gasteiger partial charge < -0.3 is 10.6 Å². The van der Waals surface area contributed by atoms with Crippen molar-refractivity contribution in [3.63, 3.8) is 0 Å². The van der Waals surface area contributed by atoms with Crippen LogP contribution in [0, 0.1) is 5.92 Å². The molecular weight excluding hydrogens is 260 g/mol. The molecule has 4 rings (SSSR count). The highest BCUT2D eigenvalue weighted by Gasteiger charge is 2.60. The molecule has 1 amide bonds. The lowest BCUT2D eigenvalue weighted by Crippen LogP contribution is -2.46. The van der Waals surface area contributed by atoms with Gasteiger partial charge in [0.25, 0.3) is 0 Å². The van der Waals surface area contributed by atoms with Crippen LogP contribution in [0.25, 0.3) is 0 Å². The van der Waals surface area contributed by atoms with Gasteiger partial charge >= 0.3 is 0 Å². The molecule has 1 aliphatic heterocycles. The van der Waals surface area contributed by atoms with Crippen LogP contribution in [-0.4, -0.2) is 25.0 Å². The van der Waals surface area contributed by atoms with Gasteiger partial charge in [0.05, 0.1) is 0 Å². The Morgan fingerprint density at radius 3 is 3.05 bits per heavy atom. The molecule has 1 heterocycles. The van der Waals surface area contributed by atoms with Crippen LogP contribution in [-0.2, 0) is 16.6 Å². The normalized spacial score (nSPS) is 34.3. The third-order valence-electron chi connectivity index (χ3n) is 5.66. The number of hydrogen-bond acceptors (Lipinski definition) is 2. The number of nitrogens with one attached hydrogen (secondary N) is 2. The summed E-state index contributed by atoms with van der Waals surface area (Å²) in [6, 6.07) is 9.09. The number of aryl methyl sites for hydroxylation is 1. The van der Waals surface area contributed by atoms with Crippen LogP contribution >= 0.6 is 0 Å². The molecule has 0 aromatic heterocycles. The van der Waals surface area contributed by atoms with E-state index in [1.807, 2.05) is 0 Å². The van der Waals surface area contributed by atoms with E-state index in [-0.39, 0.29) is 11.3 Å². The van der Waals surface area contributed by atoms with Gasteiger partial charge in [-0.15, -0.1) is 0 Å². The lowest BCUT2D eigenvalue weighted by Gasteiger charge is -2.28. The first-order valence-electron chi connectivity index (χ1n) is 8.39. The summed E-state index contributed by atoms with van der Waals surface area (Å²) in [6.45, 7) is 2.02. The SMILES string of the molecule is O=C(NC1CCCNC1)C1CC12CCCc1ccccc12. The second-order valence-corrected chi connectivity index (χ2v) is 6.98. The number of amides is 1. The highest BCUT2D eigenvalue weighted by atomic mass is 16.2. The van der Waals surface area contributed by atoms with Crippen molar-refractivity contribution in [2.45, 2.75) is 50.0 Å². The van der Waals surface area contributed by atoms with Crippen LogP contribution in [0.5, 0.6) is 0 Å². The molecular formula is C18H24N2O. The average molecular weight is 284 g/mol. The van der Waals surface area contributed by atoms with Crippen LogP contribution in [0.15, 0.2) is 24.3 Å². The molecule has 21 heavy (non-hydrogen) atoms. The minimum atomic E-state index is 0.168. The van der Waals surface area contributed by atoms with E-state index in [0.717, 1.165) is 25.9 Å². The predicted octanol–water partition coefficient (Wildman–Crippen LogP) is 2.15. The Balaban J connectivity index is 1.48. The number of rotatable bonds is 2. The summed E-state index contributed by atoms with van der Waals surface area (Å²) < 4.78 is 0. The zero-order valence-corrected chi connectivity index (χ0v) is 12.5. The second kappa shape index (κ2) is 5.13. The zero-order valence-electron chi connectivity index (χ0n) is 12.5. The molecule has 0 bridgehead atoms. The summed E-state index contributed by atoms with van der Waals surface area (Å²) in [5.41, 5.74) is 3.10. The summed E-state index contributed by atoms with van der Waals surface area (Å²) in [7, 11) is 0. The third-order valence-corrected chi connectivity index (χ3v) is 5.66. The Hall–Kier alpha value is -1.35. The molecule has 1 aromatic carbocycles. The first-order valence-corrected chi connectivity index (χ1v) is 8.39. The summed E-state index contributed by atoms with van der Waals surface area (Å²) >= 11 is 0. The van der Waals surface area contributed by atoms with Gasteiger partial charge in [-0.2, -0.15) is 0 Å². The van der Waals surface area contributed by atoms with Gasteiger partial charge in [-0.25, -0.2) is 0 Å². The number of hydrogen-bond donors (Lipinski definition) is 2. The lowest BCUT2D eigenvalue weighted by molar-refractivity contribution is -0.123. The molecule has 3 heteroatoms. The van der Waals surface area contributed by atoms with Crippen LogP contribution in [0.3, 0.4) is 0 Å². The molecule has 1 saturated heterocycles. The fourth-order valence-corrected chi connectivity index (χ4v) is 4.45. The average Bonchev–Trinajstić information content (AvgIpc) is 3.24. The number of carbonyl (C=O) groups excluding carboxylic acids is 1. The minimum absolute atomic E-state index is 0.168. The summed E-state index contributed by atoms with van der Waals surface area (Å²) in [6.07, 6.45) is 6.93. The summed E-state index contributed by atoms with van der Waals surface area (Å²) in [4.78, 5) is 12.6. The largest absolute Gasteiger partial charge is 0.352 e. The van der Waals surface area contributed by atoms with Gasteiger partial charge in [-0.05, 0) is 56.2 Å². The molecule has 3 aliphatic rings. The van der Waals surface area contributed by atoms with Crippen LogP contribution in [0.4, 0.5) is 0 Å². The molecule has 2 N–H and O–H groups in total. The van der Waals surface area contributed by atoms with E-state index in [1.54, 1.807) is 0 Å². The quantitative estimate of drug-likeness (QED) is 0.873. The summed E-state index contributed by atoms with van der Waals surface area (Å²) in [5.74, 6) is 0.501. The van der Waals surface area contributed by atoms with Gasteiger partial charge in [-0.3, -0.25) is 4.79 Å². The molecule has 2 fully saturated rings. The smallest absolute Gasteiger partial charge is 0.224 e. The van der Waals surface area contributed by atoms with Gasteiger partial charge in [0, 0.05) is 23.9 Å². The van der Waals surface area contributed by atoms with E-state index in [4.69, 9.17) is 0 Å². The van der Waals surface area contributed by atoms with Crippen molar-refractivity contribution in [3.8, 4) is 0 Å². The van der Waals surface area contributed by atoms with Gasteiger partial charge in [0.2, 0.25) is 5.91 Å². The van der Waals surface area contributed by atoms with Crippen LogP contribution in [0.1, 0.15) is 43.2 Å². The summed E-state index contributed by atoms with van der Waals surface area (Å²) in [5, 5.41) is 6.65. The topological polar surface area (TPSA) is 41.1 Å². The number of benzene rings is 1. The van der Waals surface area contributed by atoms with E-state index in [9.17, 15) is 4.79 Å². The van der Waals surface area contributed by atoms with Gasteiger partial charge in [0.15, 0.2) is 0 Å². The monoisotopic (exact) mass is 284 g/mol. The first-order chi connectivity index (χ1) is 10.3. The van der Waals surface area contributed by atoms with Crippen LogP contribution < -0.4 is 10.6 Å². The predicted molar refractivity (Wildman–Crippen MR) is 83.2 cm³/mol. The van der Waals surface area contributed by atoms with Gasteiger partial charge in [0.1, 0.15) is 0 Å². The first kappa shape index (κ1) is 13.3. The molecule has 0 radical (unpaired) electrons. The molecule has 1 spiro atoms. The van der Waals surface area contributed by atoms with E-state index in [0.29, 0.717) is 11.9 Å². The Labute approximate surface area is 126 Å². The van der Waals surface area contributed by atoms with Crippen molar-refractivity contribution in [1.29, 1.82) is 0 Å². The maximum Gasteiger partial charge on any atom is 0.224 e. The highest BCUT2D eigenvalue weighted by Crippen LogP contribution is 2.60. The Morgan fingerprint density at radius 2 is 2.19 bits per heavy atom. The second-order valence-electron chi connectivity index (χ2n) is 6.98. The number of fused-ring (bicyclic) bond motifs is 2.